The highest BCUT2D eigenvalue weighted by Gasteiger charge is 2.23. The Balaban J connectivity index is 2.43. The average molecular weight is 341 g/mol. The van der Waals surface area contributed by atoms with Crippen LogP contribution in [0.5, 0.6) is 11.5 Å². The van der Waals surface area contributed by atoms with Crippen molar-refractivity contribution in [1.29, 1.82) is 0 Å². The number of hydrogen-bond acceptors (Lipinski definition) is 6. The molecular formula is C13H15N3O6S. The topological polar surface area (TPSA) is 120 Å². The van der Waals surface area contributed by atoms with Crippen molar-refractivity contribution >= 4 is 21.8 Å². The number of carboxylic acids is 1. The van der Waals surface area contributed by atoms with Gasteiger partial charge < -0.3 is 14.6 Å². The van der Waals surface area contributed by atoms with Crippen molar-refractivity contribution in [3.05, 3.63) is 30.0 Å². The Kier molecular flexibility index (Phi) is 4.45. The van der Waals surface area contributed by atoms with Crippen molar-refractivity contribution in [2.75, 3.05) is 18.9 Å². The molecule has 0 radical (unpaired) electrons. The Morgan fingerprint density at radius 1 is 1.26 bits per heavy atom. The van der Waals surface area contributed by atoms with Gasteiger partial charge in [0.2, 0.25) is 0 Å². The highest BCUT2D eigenvalue weighted by Crippen LogP contribution is 2.29. The molecule has 2 aromatic rings. The van der Waals surface area contributed by atoms with E-state index in [2.05, 4.69) is 9.82 Å². The van der Waals surface area contributed by atoms with Crippen molar-refractivity contribution in [1.82, 2.24) is 9.78 Å². The van der Waals surface area contributed by atoms with E-state index in [4.69, 9.17) is 14.6 Å². The van der Waals surface area contributed by atoms with E-state index in [9.17, 15) is 13.2 Å². The normalized spacial score (nSPS) is 11.1. The summed E-state index contributed by atoms with van der Waals surface area (Å²) in [6.45, 7) is 0. The first-order chi connectivity index (χ1) is 10.8. The second-order valence-corrected chi connectivity index (χ2v) is 6.12. The van der Waals surface area contributed by atoms with Gasteiger partial charge in [-0.05, 0) is 12.1 Å². The highest BCUT2D eigenvalue weighted by molar-refractivity contribution is 7.92. The van der Waals surface area contributed by atoms with Crippen molar-refractivity contribution < 1.29 is 27.8 Å². The molecule has 0 fully saturated rings. The number of rotatable bonds is 6. The minimum Gasteiger partial charge on any atom is -0.497 e. The molecule has 0 aliphatic carbocycles. The van der Waals surface area contributed by atoms with Gasteiger partial charge in [-0.1, -0.05) is 0 Å². The molecule has 2 N–H and O–H groups in total. The number of aromatic nitrogens is 2. The Morgan fingerprint density at radius 2 is 1.96 bits per heavy atom. The summed E-state index contributed by atoms with van der Waals surface area (Å²) in [5, 5.41) is 12.8. The van der Waals surface area contributed by atoms with Gasteiger partial charge in [0.25, 0.3) is 10.0 Å². The maximum Gasteiger partial charge on any atom is 0.354 e. The summed E-state index contributed by atoms with van der Waals surface area (Å²) < 4.78 is 38.3. The van der Waals surface area contributed by atoms with Crippen molar-refractivity contribution in [2.24, 2.45) is 7.05 Å². The smallest absolute Gasteiger partial charge is 0.354 e. The molecule has 0 saturated carbocycles. The summed E-state index contributed by atoms with van der Waals surface area (Å²) in [6, 6.07) is 5.42. The first-order valence-electron chi connectivity index (χ1n) is 6.30. The fourth-order valence-electron chi connectivity index (χ4n) is 1.90. The maximum absolute atomic E-state index is 12.5. The minimum atomic E-state index is -4.04. The van der Waals surface area contributed by atoms with E-state index in [-0.39, 0.29) is 22.2 Å². The number of aryl methyl sites for hydroxylation is 1. The number of nitrogens with one attached hydrogen (secondary N) is 1. The van der Waals surface area contributed by atoms with Gasteiger partial charge in [0.1, 0.15) is 22.1 Å². The molecule has 0 amide bonds. The molecule has 0 aliphatic rings. The van der Waals surface area contributed by atoms with Crippen molar-refractivity contribution in [2.45, 2.75) is 4.90 Å². The summed E-state index contributed by atoms with van der Waals surface area (Å²) in [5.41, 5.74) is -0.152. The average Bonchev–Trinajstić information content (AvgIpc) is 2.86. The number of nitrogens with zero attached hydrogens (tertiary/aromatic N) is 2. The Labute approximate surface area is 132 Å². The van der Waals surface area contributed by atoms with E-state index < -0.39 is 16.0 Å². The lowest BCUT2D eigenvalue weighted by atomic mass is 10.3. The Bertz CT molecular complexity index is 843. The molecule has 1 aromatic carbocycles. The summed E-state index contributed by atoms with van der Waals surface area (Å²) in [4.78, 5) is 10.8. The molecule has 0 bridgehead atoms. The SMILES string of the molecule is COc1ccc(OC)c(S(=O)(=O)Nc2cc(C(=O)O)n(C)n2)c1. The number of benzene rings is 1. The lowest BCUT2D eigenvalue weighted by Crippen LogP contribution is -2.14. The molecule has 0 unspecified atom stereocenters. The van der Waals surface area contributed by atoms with Gasteiger partial charge >= 0.3 is 5.97 Å². The number of hydrogen-bond donors (Lipinski definition) is 2. The van der Waals surface area contributed by atoms with E-state index in [1.165, 1.54) is 33.4 Å². The zero-order valence-electron chi connectivity index (χ0n) is 12.6. The molecule has 0 saturated heterocycles. The number of anilines is 1. The van der Waals surface area contributed by atoms with Gasteiger partial charge in [0.05, 0.1) is 14.2 Å². The summed E-state index contributed by atoms with van der Waals surface area (Å²) in [5.74, 6) is -0.884. The van der Waals surface area contributed by atoms with Crippen LogP contribution >= 0.6 is 0 Å². The second kappa shape index (κ2) is 6.16. The number of carbonyl (C=O) groups is 1. The third-order valence-electron chi connectivity index (χ3n) is 3.00. The fraction of sp³-hybridized carbons (Fsp3) is 0.231. The molecular weight excluding hydrogens is 326 g/mol. The molecule has 0 atom stereocenters. The Hall–Kier alpha value is -2.75. The third kappa shape index (κ3) is 3.37. The summed E-state index contributed by atoms with van der Waals surface area (Å²) >= 11 is 0. The lowest BCUT2D eigenvalue weighted by molar-refractivity contribution is 0.0685. The van der Waals surface area contributed by atoms with Crippen molar-refractivity contribution in [3.63, 3.8) is 0 Å². The van der Waals surface area contributed by atoms with Crippen LogP contribution in [0.2, 0.25) is 0 Å². The summed E-state index contributed by atoms with van der Waals surface area (Å²) in [6.07, 6.45) is 0. The molecule has 10 heteroatoms. The first-order valence-corrected chi connectivity index (χ1v) is 7.79. The Morgan fingerprint density at radius 3 is 2.48 bits per heavy atom. The molecule has 0 aliphatic heterocycles. The van der Waals surface area contributed by atoms with Crippen LogP contribution in [-0.2, 0) is 17.1 Å². The monoisotopic (exact) mass is 341 g/mol. The van der Waals surface area contributed by atoms with E-state index >= 15 is 0 Å². The van der Waals surface area contributed by atoms with E-state index in [1.807, 2.05) is 0 Å². The van der Waals surface area contributed by atoms with Crippen LogP contribution in [0.4, 0.5) is 5.82 Å². The number of sulfonamides is 1. The number of carboxylic acid groups (broad SMARTS) is 1. The van der Waals surface area contributed by atoms with Gasteiger partial charge in [-0.3, -0.25) is 9.40 Å². The van der Waals surface area contributed by atoms with Gasteiger partial charge in [-0.2, -0.15) is 5.10 Å². The lowest BCUT2D eigenvalue weighted by Gasteiger charge is -2.11. The van der Waals surface area contributed by atoms with Gasteiger partial charge in [0.15, 0.2) is 5.82 Å². The minimum absolute atomic E-state index is 0.116. The maximum atomic E-state index is 12.5. The van der Waals surface area contributed by atoms with E-state index in [1.54, 1.807) is 6.07 Å². The molecule has 124 valence electrons. The standard InChI is InChI=1S/C13H15N3O6S/c1-16-9(13(17)18)7-12(14-16)15-23(19,20)11-6-8(21-2)4-5-10(11)22-3/h4-7H,1-3H3,(H,14,15)(H,17,18). The van der Waals surface area contributed by atoms with E-state index in [0.717, 1.165) is 10.7 Å². The largest absolute Gasteiger partial charge is 0.497 e. The predicted octanol–water partition coefficient (Wildman–Crippen LogP) is 0.936. The van der Waals surface area contributed by atoms with Gasteiger partial charge in [0, 0.05) is 19.2 Å². The zero-order chi connectivity index (χ0) is 17.2. The second-order valence-electron chi connectivity index (χ2n) is 4.47. The number of methoxy groups -OCH3 is 2. The van der Waals surface area contributed by atoms with Crippen LogP contribution in [-0.4, -0.2) is 43.5 Å². The van der Waals surface area contributed by atoms with Crippen molar-refractivity contribution in [3.8, 4) is 11.5 Å². The first kappa shape index (κ1) is 16.6. The van der Waals surface area contributed by atoms with Gasteiger partial charge in [-0.25, -0.2) is 13.2 Å². The number of aromatic carboxylic acids is 1. The van der Waals surface area contributed by atoms with Crippen LogP contribution in [0, 0.1) is 0 Å². The molecule has 1 heterocycles. The van der Waals surface area contributed by atoms with Crippen LogP contribution in [0.15, 0.2) is 29.2 Å². The molecule has 2 rings (SSSR count). The summed E-state index contributed by atoms with van der Waals surface area (Å²) in [7, 11) is 0.0983. The predicted molar refractivity (Wildman–Crippen MR) is 80.5 cm³/mol. The van der Waals surface area contributed by atoms with Crippen LogP contribution < -0.4 is 14.2 Å². The number of ether oxygens (including phenoxy) is 2. The highest BCUT2D eigenvalue weighted by atomic mass is 32.2. The van der Waals surface area contributed by atoms with E-state index in [0.29, 0.717) is 5.75 Å². The molecule has 1 aromatic heterocycles. The van der Waals surface area contributed by atoms with Gasteiger partial charge in [-0.15, -0.1) is 0 Å². The molecule has 9 nitrogen and oxygen atoms in total. The zero-order valence-corrected chi connectivity index (χ0v) is 13.4. The van der Waals surface area contributed by atoms with Crippen LogP contribution in [0.1, 0.15) is 10.5 Å². The van der Waals surface area contributed by atoms with Crippen LogP contribution in [0.25, 0.3) is 0 Å². The molecule has 0 spiro atoms. The molecule has 23 heavy (non-hydrogen) atoms. The quantitative estimate of drug-likeness (QED) is 0.802. The third-order valence-corrected chi connectivity index (χ3v) is 4.37. The van der Waals surface area contributed by atoms with Crippen LogP contribution in [0.3, 0.4) is 0 Å². The fourth-order valence-corrected chi connectivity index (χ4v) is 3.08.